The largest absolute Gasteiger partial charge is 0.366 e. The third-order valence-corrected chi connectivity index (χ3v) is 2.96. The summed E-state index contributed by atoms with van der Waals surface area (Å²) in [6.45, 7) is 0. The summed E-state index contributed by atoms with van der Waals surface area (Å²) in [5, 5.41) is 3.08. The molecule has 6 nitrogen and oxygen atoms in total. The molecule has 0 fully saturated rings. The first-order valence-electron chi connectivity index (χ1n) is 6.36. The number of nitrogens with two attached hydrogens (primary N) is 1. The molecule has 1 aromatic carbocycles. The van der Waals surface area contributed by atoms with Gasteiger partial charge in [0.2, 0.25) is 11.9 Å². The lowest BCUT2D eigenvalue weighted by Crippen LogP contribution is -2.10. The summed E-state index contributed by atoms with van der Waals surface area (Å²) in [4.78, 5) is 22.7. The summed E-state index contributed by atoms with van der Waals surface area (Å²) in [5.74, 6) is 0.0282. The van der Waals surface area contributed by atoms with Gasteiger partial charge in [-0.1, -0.05) is 0 Å². The van der Waals surface area contributed by atoms with Gasteiger partial charge >= 0.3 is 0 Å². The SMILES string of the molecule is NC(=O)c1ccc(Nc2nccc(-c3ccc[nH]3)n2)cc1. The van der Waals surface area contributed by atoms with Crippen LogP contribution in [0.25, 0.3) is 11.4 Å². The highest BCUT2D eigenvalue weighted by Crippen LogP contribution is 2.18. The van der Waals surface area contributed by atoms with Gasteiger partial charge in [0.25, 0.3) is 0 Å². The highest BCUT2D eigenvalue weighted by atomic mass is 16.1. The van der Waals surface area contributed by atoms with E-state index in [1.165, 1.54) is 0 Å². The molecular weight excluding hydrogens is 266 g/mol. The zero-order valence-corrected chi connectivity index (χ0v) is 11.1. The summed E-state index contributed by atoms with van der Waals surface area (Å²) in [6, 6.07) is 12.5. The number of nitrogens with zero attached hydrogens (tertiary/aromatic N) is 2. The lowest BCUT2D eigenvalue weighted by atomic mass is 10.2. The number of amides is 1. The Morgan fingerprint density at radius 2 is 1.95 bits per heavy atom. The average molecular weight is 279 g/mol. The third-order valence-electron chi connectivity index (χ3n) is 2.96. The normalized spacial score (nSPS) is 10.3. The van der Waals surface area contributed by atoms with Crippen LogP contribution in [-0.4, -0.2) is 20.9 Å². The monoisotopic (exact) mass is 279 g/mol. The van der Waals surface area contributed by atoms with Crippen LogP contribution >= 0.6 is 0 Å². The molecule has 0 atom stereocenters. The molecule has 6 heteroatoms. The molecule has 3 aromatic rings. The van der Waals surface area contributed by atoms with Crippen molar-refractivity contribution >= 4 is 17.5 Å². The van der Waals surface area contributed by atoms with Crippen LogP contribution in [-0.2, 0) is 0 Å². The third kappa shape index (κ3) is 2.89. The first-order chi connectivity index (χ1) is 10.2. The van der Waals surface area contributed by atoms with Crippen molar-refractivity contribution in [2.24, 2.45) is 5.73 Å². The molecule has 104 valence electrons. The van der Waals surface area contributed by atoms with E-state index >= 15 is 0 Å². The van der Waals surface area contributed by atoms with Crippen LogP contribution < -0.4 is 11.1 Å². The first-order valence-corrected chi connectivity index (χ1v) is 6.36. The van der Waals surface area contributed by atoms with E-state index in [2.05, 4.69) is 20.3 Å². The number of benzene rings is 1. The molecule has 0 radical (unpaired) electrons. The molecule has 0 bridgehead atoms. The number of aromatic amines is 1. The summed E-state index contributed by atoms with van der Waals surface area (Å²) >= 11 is 0. The maximum atomic E-state index is 11.0. The van der Waals surface area contributed by atoms with E-state index < -0.39 is 5.91 Å². The fraction of sp³-hybridized carbons (Fsp3) is 0. The lowest BCUT2D eigenvalue weighted by Gasteiger charge is -2.06. The van der Waals surface area contributed by atoms with E-state index in [0.29, 0.717) is 11.5 Å². The summed E-state index contributed by atoms with van der Waals surface area (Å²) in [7, 11) is 0. The Morgan fingerprint density at radius 1 is 1.14 bits per heavy atom. The standard InChI is InChI=1S/C15H13N5O/c16-14(21)10-3-5-11(6-4-10)19-15-18-9-7-13(20-15)12-2-1-8-17-12/h1-9,17H,(H2,16,21)(H,18,19,20). The van der Waals surface area contributed by atoms with E-state index in [-0.39, 0.29) is 0 Å². The second kappa shape index (κ2) is 5.46. The topological polar surface area (TPSA) is 96.7 Å². The minimum atomic E-state index is -0.452. The second-order valence-electron chi connectivity index (χ2n) is 4.42. The van der Waals surface area contributed by atoms with Crippen LogP contribution in [0.2, 0.25) is 0 Å². The molecule has 0 unspecified atom stereocenters. The van der Waals surface area contributed by atoms with Crippen molar-refractivity contribution in [2.75, 3.05) is 5.32 Å². The number of hydrogen-bond donors (Lipinski definition) is 3. The molecule has 0 aliphatic heterocycles. The highest BCUT2D eigenvalue weighted by Gasteiger charge is 2.04. The number of hydrogen-bond acceptors (Lipinski definition) is 4. The van der Waals surface area contributed by atoms with Crippen LogP contribution in [0.3, 0.4) is 0 Å². The van der Waals surface area contributed by atoms with Gasteiger partial charge in [0, 0.05) is 23.6 Å². The maximum Gasteiger partial charge on any atom is 0.248 e. The zero-order chi connectivity index (χ0) is 14.7. The second-order valence-corrected chi connectivity index (χ2v) is 4.42. The van der Waals surface area contributed by atoms with E-state index in [1.54, 1.807) is 30.5 Å². The van der Waals surface area contributed by atoms with Gasteiger partial charge in [-0.2, -0.15) is 0 Å². The number of carbonyl (C=O) groups excluding carboxylic acids is 1. The van der Waals surface area contributed by atoms with Crippen molar-refractivity contribution in [2.45, 2.75) is 0 Å². The van der Waals surface area contributed by atoms with Crippen LogP contribution in [0, 0.1) is 0 Å². The lowest BCUT2D eigenvalue weighted by molar-refractivity contribution is 0.100. The number of carbonyl (C=O) groups is 1. The van der Waals surface area contributed by atoms with Gasteiger partial charge < -0.3 is 16.0 Å². The van der Waals surface area contributed by atoms with Crippen molar-refractivity contribution in [3.8, 4) is 11.4 Å². The predicted molar refractivity (Wildman–Crippen MR) is 80.1 cm³/mol. The smallest absolute Gasteiger partial charge is 0.248 e. The van der Waals surface area contributed by atoms with Crippen molar-refractivity contribution in [3.63, 3.8) is 0 Å². The molecule has 0 aliphatic rings. The van der Waals surface area contributed by atoms with Gasteiger partial charge in [0.1, 0.15) is 0 Å². The van der Waals surface area contributed by atoms with Gasteiger partial charge in [-0.3, -0.25) is 4.79 Å². The Kier molecular flexibility index (Phi) is 3.34. The minimum absolute atomic E-state index is 0.452. The molecule has 21 heavy (non-hydrogen) atoms. The molecule has 0 aliphatic carbocycles. The van der Waals surface area contributed by atoms with E-state index in [0.717, 1.165) is 17.1 Å². The molecule has 4 N–H and O–H groups in total. The van der Waals surface area contributed by atoms with Gasteiger partial charge in [0.15, 0.2) is 0 Å². The first kappa shape index (κ1) is 12.9. The molecule has 3 rings (SSSR count). The Balaban J connectivity index is 1.81. The molecule has 2 heterocycles. The molecule has 1 amide bonds. The Labute approximate surface area is 121 Å². The van der Waals surface area contributed by atoms with Gasteiger partial charge in [-0.05, 0) is 42.5 Å². The summed E-state index contributed by atoms with van der Waals surface area (Å²) < 4.78 is 0. The molecule has 0 saturated carbocycles. The summed E-state index contributed by atoms with van der Waals surface area (Å²) in [6.07, 6.45) is 3.52. The minimum Gasteiger partial charge on any atom is -0.366 e. The molecular formula is C15H13N5O. The average Bonchev–Trinajstić information content (AvgIpc) is 3.02. The highest BCUT2D eigenvalue weighted by molar-refractivity contribution is 5.93. The van der Waals surface area contributed by atoms with Crippen molar-refractivity contribution in [1.82, 2.24) is 15.0 Å². The van der Waals surface area contributed by atoms with E-state index in [4.69, 9.17) is 5.73 Å². The number of rotatable bonds is 4. The number of H-pyrrole nitrogens is 1. The van der Waals surface area contributed by atoms with Gasteiger partial charge in [-0.15, -0.1) is 0 Å². The van der Waals surface area contributed by atoms with Crippen LogP contribution in [0.4, 0.5) is 11.6 Å². The quantitative estimate of drug-likeness (QED) is 0.682. The predicted octanol–water partition coefficient (Wildman–Crippen LogP) is 2.31. The zero-order valence-electron chi connectivity index (χ0n) is 11.1. The van der Waals surface area contributed by atoms with E-state index in [1.807, 2.05) is 24.4 Å². The van der Waals surface area contributed by atoms with Crippen LogP contribution in [0.15, 0.2) is 54.9 Å². The molecule has 0 saturated heterocycles. The van der Waals surface area contributed by atoms with Crippen molar-refractivity contribution < 1.29 is 4.79 Å². The Bertz CT molecular complexity index is 750. The van der Waals surface area contributed by atoms with Gasteiger partial charge in [0.05, 0.1) is 11.4 Å². The van der Waals surface area contributed by atoms with Crippen molar-refractivity contribution in [1.29, 1.82) is 0 Å². The molecule has 2 aromatic heterocycles. The number of primary amides is 1. The molecule has 0 spiro atoms. The van der Waals surface area contributed by atoms with E-state index in [9.17, 15) is 4.79 Å². The fourth-order valence-corrected chi connectivity index (χ4v) is 1.91. The fourth-order valence-electron chi connectivity index (χ4n) is 1.91. The number of nitrogens with one attached hydrogen (secondary N) is 2. The Morgan fingerprint density at radius 3 is 2.62 bits per heavy atom. The number of aromatic nitrogens is 3. The van der Waals surface area contributed by atoms with Crippen LogP contribution in [0.5, 0.6) is 0 Å². The van der Waals surface area contributed by atoms with Crippen molar-refractivity contribution in [3.05, 3.63) is 60.4 Å². The summed E-state index contributed by atoms with van der Waals surface area (Å²) in [5.41, 5.74) is 8.16. The number of anilines is 2. The van der Waals surface area contributed by atoms with Crippen LogP contribution in [0.1, 0.15) is 10.4 Å². The maximum absolute atomic E-state index is 11.0. The van der Waals surface area contributed by atoms with Gasteiger partial charge in [-0.25, -0.2) is 9.97 Å². The Hall–Kier alpha value is -3.15.